The summed E-state index contributed by atoms with van der Waals surface area (Å²) in [6, 6.07) is 6.08. The van der Waals surface area contributed by atoms with Crippen LogP contribution < -0.4 is 0 Å². The number of nitro groups is 1. The average molecular weight is 464 g/mol. The predicted octanol–water partition coefficient (Wildman–Crippen LogP) is 5.47. The molecule has 2 unspecified atom stereocenters. The van der Waals surface area contributed by atoms with Crippen molar-refractivity contribution in [1.82, 2.24) is 0 Å². The Morgan fingerprint density at radius 1 is 1.21 bits per heavy atom. The number of hydrogen-bond donors (Lipinski definition) is 0. The van der Waals surface area contributed by atoms with Crippen LogP contribution in [0.1, 0.15) is 33.1 Å². The van der Waals surface area contributed by atoms with Crippen LogP contribution >= 0.6 is 28.0 Å². The SMILES string of the molecule is CC[C@H]1OCCC1O[P@](=O)(OC[C@H]1OCCC1C)SSc1ccc([N+](=O)[O-])cc1. The van der Waals surface area contributed by atoms with Crippen LogP contribution in [-0.4, -0.2) is 43.1 Å². The van der Waals surface area contributed by atoms with E-state index in [4.69, 9.17) is 18.5 Å². The average Bonchev–Trinajstić information content (AvgIpc) is 3.33. The van der Waals surface area contributed by atoms with Gasteiger partial charge in [0.1, 0.15) is 0 Å². The number of nitrogens with zero attached hydrogens (tertiary/aromatic N) is 1. The number of ether oxygens (including phenoxy) is 2. The largest absolute Gasteiger partial charge is 0.400 e. The molecule has 162 valence electrons. The van der Waals surface area contributed by atoms with Gasteiger partial charge in [0.25, 0.3) is 5.69 Å². The van der Waals surface area contributed by atoms with E-state index in [1.165, 1.54) is 22.9 Å². The van der Waals surface area contributed by atoms with Crippen LogP contribution in [-0.2, 0) is 23.1 Å². The molecule has 3 rings (SSSR count). The van der Waals surface area contributed by atoms with Gasteiger partial charge in [-0.3, -0.25) is 19.2 Å². The molecule has 0 saturated carbocycles. The highest BCUT2D eigenvalue weighted by Crippen LogP contribution is 2.68. The van der Waals surface area contributed by atoms with Crippen LogP contribution in [0.3, 0.4) is 0 Å². The standard InChI is InChI=1S/C18H26NO7PS2/c1-3-16-17(9-11-23-16)26-27(22,25-12-18-13(2)8-10-24-18)29-28-15-6-4-14(5-7-15)19(20)21/h4-7,13,16-18H,3,8-12H2,1-2H3/t13?,16-,17?,18-,27+/m1/s1. The summed E-state index contributed by atoms with van der Waals surface area (Å²) in [5.74, 6) is 0.342. The van der Waals surface area contributed by atoms with Gasteiger partial charge in [-0.1, -0.05) is 13.8 Å². The van der Waals surface area contributed by atoms with Crippen LogP contribution in [0.15, 0.2) is 29.2 Å². The van der Waals surface area contributed by atoms with Crippen LogP contribution in [0, 0.1) is 16.0 Å². The summed E-state index contributed by atoms with van der Waals surface area (Å²) in [5.41, 5.74) is 0.0105. The number of non-ortho nitro benzene ring substituents is 1. The molecule has 2 aliphatic rings. The van der Waals surface area contributed by atoms with Gasteiger partial charge in [0.2, 0.25) is 0 Å². The van der Waals surface area contributed by atoms with E-state index < -0.39 is 11.7 Å². The molecule has 0 aliphatic carbocycles. The highest BCUT2D eigenvalue weighted by molar-refractivity contribution is 8.98. The van der Waals surface area contributed by atoms with Crippen molar-refractivity contribution in [3.05, 3.63) is 34.4 Å². The van der Waals surface area contributed by atoms with Gasteiger partial charge in [-0.15, -0.1) is 0 Å². The second-order valence-corrected chi connectivity index (χ2v) is 12.9. The summed E-state index contributed by atoms with van der Waals surface area (Å²) >= 11 is 0. The molecule has 2 fully saturated rings. The molecule has 0 aromatic heterocycles. The normalized spacial score (nSPS) is 29.0. The van der Waals surface area contributed by atoms with Gasteiger partial charge in [-0.25, -0.2) is 4.57 Å². The molecule has 0 N–H and O–H groups in total. The quantitative estimate of drug-likeness (QED) is 0.194. The third-order valence-corrected chi connectivity index (χ3v) is 11.0. The lowest BCUT2D eigenvalue weighted by Gasteiger charge is -2.25. The van der Waals surface area contributed by atoms with Gasteiger partial charge < -0.3 is 9.47 Å². The second-order valence-electron chi connectivity index (χ2n) is 7.08. The van der Waals surface area contributed by atoms with E-state index in [0.29, 0.717) is 25.6 Å². The predicted molar refractivity (Wildman–Crippen MR) is 113 cm³/mol. The van der Waals surface area contributed by atoms with Crippen LogP contribution in [0.4, 0.5) is 5.69 Å². The smallest absolute Gasteiger partial charge is 0.376 e. The molecule has 2 heterocycles. The summed E-state index contributed by atoms with van der Waals surface area (Å²) in [6.07, 6.45) is 1.92. The molecule has 2 saturated heterocycles. The maximum absolute atomic E-state index is 13.5. The summed E-state index contributed by atoms with van der Waals surface area (Å²) in [7, 11) is 2.24. The van der Waals surface area contributed by atoms with Gasteiger partial charge in [0, 0.05) is 47.1 Å². The molecule has 0 amide bonds. The van der Waals surface area contributed by atoms with Gasteiger partial charge in [0.05, 0.1) is 29.8 Å². The fourth-order valence-electron chi connectivity index (χ4n) is 3.21. The third-order valence-electron chi connectivity index (χ3n) is 5.02. The molecule has 1 aromatic rings. The van der Waals surface area contributed by atoms with Crippen molar-refractivity contribution in [3.8, 4) is 0 Å². The maximum Gasteiger partial charge on any atom is 0.400 e. The minimum absolute atomic E-state index is 0.0105. The fraction of sp³-hybridized carbons (Fsp3) is 0.667. The molecule has 2 aliphatic heterocycles. The van der Waals surface area contributed by atoms with Crippen molar-refractivity contribution >= 4 is 33.7 Å². The van der Waals surface area contributed by atoms with Crippen LogP contribution in [0.2, 0.25) is 0 Å². The Balaban J connectivity index is 1.65. The molecule has 11 heteroatoms. The van der Waals surface area contributed by atoms with Crippen LogP contribution in [0.5, 0.6) is 0 Å². The Bertz CT molecular complexity index is 735. The molecular formula is C18H26NO7PS2. The topological polar surface area (TPSA) is 97.1 Å². The maximum atomic E-state index is 13.5. The van der Waals surface area contributed by atoms with Gasteiger partial charge in [-0.2, -0.15) is 0 Å². The minimum atomic E-state index is -3.51. The lowest BCUT2D eigenvalue weighted by Crippen LogP contribution is -2.24. The summed E-state index contributed by atoms with van der Waals surface area (Å²) < 4.78 is 36.6. The lowest BCUT2D eigenvalue weighted by molar-refractivity contribution is -0.384. The Kier molecular flexibility index (Phi) is 8.44. The molecule has 0 bridgehead atoms. The lowest BCUT2D eigenvalue weighted by atomic mass is 10.1. The zero-order valence-corrected chi connectivity index (χ0v) is 19.0. The van der Waals surface area contributed by atoms with Crippen molar-refractivity contribution in [2.75, 3.05) is 19.8 Å². The van der Waals surface area contributed by atoms with E-state index in [0.717, 1.165) is 28.2 Å². The molecular weight excluding hydrogens is 437 g/mol. The first-order valence-electron chi connectivity index (χ1n) is 9.67. The molecule has 0 spiro atoms. The minimum Gasteiger partial charge on any atom is -0.376 e. The Hall–Kier alpha value is -0.610. The Morgan fingerprint density at radius 2 is 1.90 bits per heavy atom. The monoisotopic (exact) mass is 463 g/mol. The zero-order chi connectivity index (χ0) is 20.9. The van der Waals surface area contributed by atoms with Crippen molar-refractivity contribution < 1.29 is 28.0 Å². The van der Waals surface area contributed by atoms with E-state index in [9.17, 15) is 14.7 Å². The Labute approximate surface area is 178 Å². The summed E-state index contributed by atoms with van der Waals surface area (Å²) in [5, 5.41) is 10.8. The van der Waals surface area contributed by atoms with Gasteiger partial charge in [-0.05, 0) is 41.7 Å². The van der Waals surface area contributed by atoms with Gasteiger partial charge >= 0.3 is 6.80 Å². The summed E-state index contributed by atoms with van der Waals surface area (Å²) in [4.78, 5) is 11.1. The Morgan fingerprint density at radius 3 is 2.52 bits per heavy atom. The van der Waals surface area contributed by atoms with E-state index in [1.807, 2.05) is 6.92 Å². The van der Waals surface area contributed by atoms with Crippen LogP contribution in [0.25, 0.3) is 0 Å². The van der Waals surface area contributed by atoms with E-state index in [1.54, 1.807) is 12.1 Å². The van der Waals surface area contributed by atoms with E-state index in [-0.39, 0.29) is 30.6 Å². The van der Waals surface area contributed by atoms with Crippen molar-refractivity contribution in [1.29, 1.82) is 0 Å². The van der Waals surface area contributed by atoms with Crippen molar-refractivity contribution in [2.45, 2.75) is 56.3 Å². The number of rotatable bonds is 10. The first kappa shape index (κ1) is 23.1. The molecule has 5 atom stereocenters. The first-order chi connectivity index (χ1) is 13.9. The second kappa shape index (κ2) is 10.6. The molecule has 8 nitrogen and oxygen atoms in total. The third kappa shape index (κ3) is 6.43. The summed E-state index contributed by atoms with van der Waals surface area (Å²) in [6.45, 7) is 2.04. The first-order valence-corrected chi connectivity index (χ1v) is 14.0. The van der Waals surface area contributed by atoms with E-state index >= 15 is 0 Å². The van der Waals surface area contributed by atoms with Gasteiger partial charge in [0.15, 0.2) is 0 Å². The van der Waals surface area contributed by atoms with E-state index in [2.05, 4.69) is 6.92 Å². The zero-order valence-electron chi connectivity index (χ0n) is 16.4. The molecule has 1 aromatic carbocycles. The van der Waals surface area contributed by atoms with Crippen molar-refractivity contribution in [2.24, 2.45) is 5.92 Å². The highest BCUT2D eigenvalue weighted by atomic mass is 33.3. The number of nitro benzene ring substituents is 1. The van der Waals surface area contributed by atoms with Crippen molar-refractivity contribution in [3.63, 3.8) is 0 Å². The fourth-order valence-corrected chi connectivity index (χ4v) is 8.59. The molecule has 29 heavy (non-hydrogen) atoms. The number of hydrogen-bond acceptors (Lipinski definition) is 9. The number of benzene rings is 1. The highest BCUT2D eigenvalue weighted by Gasteiger charge is 2.38. The molecule has 0 radical (unpaired) electrons.